The lowest BCUT2D eigenvalue weighted by atomic mass is 10.0. The number of hydrogen-bond donors (Lipinski definition) is 2. The Kier molecular flexibility index (Phi) is 4.16. The van der Waals surface area contributed by atoms with Crippen molar-refractivity contribution in [3.63, 3.8) is 0 Å². The molecular formula is C19H16N2O3. The molecule has 0 atom stereocenters. The smallest absolute Gasteiger partial charge is 0.434 e. The van der Waals surface area contributed by atoms with Gasteiger partial charge in [0.15, 0.2) is 0 Å². The van der Waals surface area contributed by atoms with Crippen LogP contribution in [0.1, 0.15) is 16.7 Å². The zero-order chi connectivity index (χ0) is 17.1. The van der Waals surface area contributed by atoms with Crippen LogP contribution in [0.5, 0.6) is 5.75 Å². The number of allylic oxidation sites excluding steroid dienone is 2. The van der Waals surface area contributed by atoms with Gasteiger partial charge >= 0.3 is 5.76 Å². The summed E-state index contributed by atoms with van der Waals surface area (Å²) in [6.45, 7) is 6.03. The molecule has 0 unspecified atom stereocenters. The highest BCUT2D eigenvalue weighted by Crippen LogP contribution is 2.22. The number of rotatable bonds is 4. The summed E-state index contributed by atoms with van der Waals surface area (Å²) in [5, 5.41) is 15.6. The van der Waals surface area contributed by atoms with Gasteiger partial charge in [0, 0.05) is 5.56 Å². The van der Waals surface area contributed by atoms with Gasteiger partial charge in [-0.15, -0.1) is 5.10 Å². The van der Waals surface area contributed by atoms with Gasteiger partial charge in [0.1, 0.15) is 5.75 Å². The molecule has 0 fully saturated rings. The molecule has 5 nitrogen and oxygen atoms in total. The molecule has 0 aliphatic carbocycles. The van der Waals surface area contributed by atoms with Crippen molar-refractivity contribution in [2.45, 2.75) is 6.92 Å². The fraction of sp³-hybridized carbons (Fsp3) is 0.0526. The molecule has 2 N–H and O–H groups in total. The third-order valence-electron chi connectivity index (χ3n) is 3.67. The zero-order valence-electron chi connectivity index (χ0n) is 13.1. The second-order valence-electron chi connectivity index (χ2n) is 5.40. The van der Waals surface area contributed by atoms with Crippen LogP contribution in [-0.4, -0.2) is 15.3 Å². The summed E-state index contributed by atoms with van der Waals surface area (Å²) < 4.78 is 4.92. The molecule has 3 rings (SSSR count). The summed E-state index contributed by atoms with van der Waals surface area (Å²) in [4.78, 5) is 11.0. The highest BCUT2D eigenvalue weighted by Gasteiger charge is 2.05. The molecule has 120 valence electrons. The summed E-state index contributed by atoms with van der Waals surface area (Å²) in [6.07, 6.45) is 3.81. The highest BCUT2D eigenvalue weighted by atomic mass is 16.4. The van der Waals surface area contributed by atoms with E-state index in [0.29, 0.717) is 5.56 Å². The van der Waals surface area contributed by atoms with Crippen molar-refractivity contribution in [1.29, 1.82) is 0 Å². The average Bonchev–Trinajstić information content (AvgIpc) is 3.02. The van der Waals surface area contributed by atoms with Gasteiger partial charge in [-0.05, 0) is 53.5 Å². The number of nitrogens with one attached hydrogen (secondary N) is 1. The molecule has 1 aromatic heterocycles. The van der Waals surface area contributed by atoms with Crippen LogP contribution in [0, 0.1) is 6.92 Å². The minimum absolute atomic E-state index is 0.232. The molecule has 0 aliphatic rings. The van der Waals surface area contributed by atoms with E-state index in [-0.39, 0.29) is 11.6 Å². The van der Waals surface area contributed by atoms with Gasteiger partial charge in [0.05, 0.1) is 0 Å². The van der Waals surface area contributed by atoms with E-state index in [1.165, 1.54) is 0 Å². The SMILES string of the molecule is C=C(/C=C\c1cc(O)ccc1C)c1ccc(-c2n[nH]c(=O)o2)cc1. The highest BCUT2D eigenvalue weighted by molar-refractivity contribution is 5.78. The van der Waals surface area contributed by atoms with Crippen LogP contribution in [0.15, 0.2) is 64.3 Å². The maximum absolute atomic E-state index is 11.0. The van der Waals surface area contributed by atoms with Crippen LogP contribution < -0.4 is 5.76 Å². The van der Waals surface area contributed by atoms with Crippen LogP contribution >= 0.6 is 0 Å². The number of phenolic OH excluding ortho intramolecular Hbond substituents is 1. The molecule has 5 heteroatoms. The van der Waals surface area contributed by atoms with Gasteiger partial charge in [0.2, 0.25) is 5.89 Å². The number of benzene rings is 2. The Hall–Kier alpha value is -3.34. The lowest BCUT2D eigenvalue weighted by molar-refractivity contribution is 0.475. The van der Waals surface area contributed by atoms with E-state index < -0.39 is 5.76 Å². The minimum atomic E-state index is -0.581. The molecule has 0 bridgehead atoms. The molecule has 24 heavy (non-hydrogen) atoms. The summed E-state index contributed by atoms with van der Waals surface area (Å²) in [7, 11) is 0. The Morgan fingerprint density at radius 1 is 1.25 bits per heavy atom. The fourth-order valence-corrected chi connectivity index (χ4v) is 2.27. The molecule has 1 heterocycles. The van der Waals surface area contributed by atoms with Gasteiger partial charge in [0.25, 0.3) is 0 Å². The molecule has 0 spiro atoms. The number of phenols is 1. The van der Waals surface area contributed by atoms with E-state index in [2.05, 4.69) is 16.8 Å². The van der Waals surface area contributed by atoms with Crippen molar-refractivity contribution < 1.29 is 9.52 Å². The summed E-state index contributed by atoms with van der Waals surface area (Å²) in [6, 6.07) is 12.6. The van der Waals surface area contributed by atoms with Crippen LogP contribution in [0.3, 0.4) is 0 Å². The van der Waals surface area contributed by atoms with Gasteiger partial charge in [-0.1, -0.05) is 36.9 Å². The largest absolute Gasteiger partial charge is 0.508 e. The monoisotopic (exact) mass is 320 g/mol. The Labute approximate surface area is 138 Å². The first kappa shape index (κ1) is 15.6. The van der Waals surface area contributed by atoms with Crippen molar-refractivity contribution in [3.8, 4) is 17.2 Å². The number of aryl methyl sites for hydroxylation is 1. The van der Waals surface area contributed by atoms with Gasteiger partial charge in [-0.25, -0.2) is 9.89 Å². The van der Waals surface area contributed by atoms with Crippen LogP contribution in [0.2, 0.25) is 0 Å². The third-order valence-corrected chi connectivity index (χ3v) is 3.67. The Bertz CT molecular complexity index is 963. The first-order valence-electron chi connectivity index (χ1n) is 7.36. The quantitative estimate of drug-likeness (QED) is 0.717. The van der Waals surface area contributed by atoms with E-state index in [1.54, 1.807) is 12.1 Å². The zero-order valence-corrected chi connectivity index (χ0v) is 13.1. The summed E-state index contributed by atoms with van der Waals surface area (Å²) in [5.41, 5.74) is 4.47. The van der Waals surface area contributed by atoms with Crippen molar-refractivity contribution in [2.24, 2.45) is 0 Å². The molecule has 0 radical (unpaired) electrons. The number of hydrogen-bond acceptors (Lipinski definition) is 4. The van der Waals surface area contributed by atoms with E-state index >= 15 is 0 Å². The second-order valence-corrected chi connectivity index (χ2v) is 5.40. The first-order chi connectivity index (χ1) is 11.5. The molecule has 2 aromatic carbocycles. The third kappa shape index (κ3) is 3.35. The molecule has 0 amide bonds. The number of H-pyrrole nitrogens is 1. The van der Waals surface area contributed by atoms with Crippen LogP contribution in [0.4, 0.5) is 0 Å². The van der Waals surface area contributed by atoms with E-state index in [4.69, 9.17) is 4.42 Å². The molecule has 3 aromatic rings. The molecule has 0 saturated heterocycles. The number of aromatic hydroxyl groups is 1. The van der Waals surface area contributed by atoms with E-state index in [9.17, 15) is 9.90 Å². The standard InChI is InChI=1S/C19H16N2O3/c1-12(3-5-16-11-17(22)10-4-13(16)2)14-6-8-15(9-7-14)18-20-21-19(23)24-18/h3-11,22H,1H2,2H3,(H,21,23)/b5-3-. The van der Waals surface area contributed by atoms with Gasteiger partial charge in [-0.3, -0.25) is 0 Å². The van der Waals surface area contributed by atoms with Gasteiger partial charge in [-0.2, -0.15) is 0 Å². The predicted molar refractivity (Wildman–Crippen MR) is 93.5 cm³/mol. The number of aromatic nitrogens is 2. The summed E-state index contributed by atoms with van der Waals surface area (Å²) in [5.74, 6) is -0.0956. The first-order valence-corrected chi connectivity index (χ1v) is 7.36. The maximum Gasteiger partial charge on any atom is 0.434 e. The van der Waals surface area contributed by atoms with E-state index in [1.807, 2.05) is 49.4 Å². The second kappa shape index (κ2) is 6.42. The average molecular weight is 320 g/mol. The minimum Gasteiger partial charge on any atom is -0.508 e. The Morgan fingerprint density at radius 3 is 2.67 bits per heavy atom. The Balaban J connectivity index is 1.79. The van der Waals surface area contributed by atoms with Crippen molar-refractivity contribution in [3.05, 3.63) is 82.4 Å². The lowest BCUT2D eigenvalue weighted by Crippen LogP contribution is -1.93. The van der Waals surface area contributed by atoms with Crippen molar-refractivity contribution in [2.75, 3.05) is 0 Å². The van der Waals surface area contributed by atoms with Crippen LogP contribution in [-0.2, 0) is 0 Å². The maximum atomic E-state index is 11.0. The molecule has 0 aliphatic heterocycles. The summed E-state index contributed by atoms with van der Waals surface area (Å²) >= 11 is 0. The fourth-order valence-electron chi connectivity index (χ4n) is 2.27. The normalized spacial score (nSPS) is 11.0. The lowest BCUT2D eigenvalue weighted by Gasteiger charge is -2.04. The molecule has 0 saturated carbocycles. The van der Waals surface area contributed by atoms with Gasteiger partial charge < -0.3 is 9.52 Å². The number of nitrogens with zero attached hydrogens (tertiary/aromatic N) is 1. The van der Waals surface area contributed by atoms with E-state index in [0.717, 1.165) is 22.3 Å². The van der Waals surface area contributed by atoms with Crippen LogP contribution in [0.25, 0.3) is 23.1 Å². The topological polar surface area (TPSA) is 79.1 Å². The number of aromatic amines is 1. The predicted octanol–water partition coefficient (Wildman–Crippen LogP) is 3.77. The van der Waals surface area contributed by atoms with Crippen molar-refractivity contribution in [1.82, 2.24) is 10.2 Å². The molecular weight excluding hydrogens is 304 g/mol. The Morgan fingerprint density at radius 2 is 2.00 bits per heavy atom. The van der Waals surface area contributed by atoms with Crippen molar-refractivity contribution >= 4 is 11.6 Å².